The first-order chi connectivity index (χ1) is 8.45. The van der Waals surface area contributed by atoms with E-state index in [1.54, 1.807) is 19.2 Å². The van der Waals surface area contributed by atoms with Crippen molar-refractivity contribution in [1.29, 1.82) is 5.26 Å². The Morgan fingerprint density at radius 2 is 2.28 bits per heavy atom. The fourth-order valence-electron chi connectivity index (χ4n) is 1.35. The third-order valence-electron chi connectivity index (χ3n) is 2.79. The molecule has 18 heavy (non-hydrogen) atoms. The minimum Gasteiger partial charge on any atom is -0.324 e. The van der Waals surface area contributed by atoms with Crippen LogP contribution in [0.2, 0.25) is 5.02 Å². The van der Waals surface area contributed by atoms with E-state index in [2.05, 4.69) is 5.32 Å². The van der Waals surface area contributed by atoms with Crippen molar-refractivity contribution in [3.63, 3.8) is 0 Å². The van der Waals surface area contributed by atoms with E-state index in [9.17, 15) is 4.79 Å². The molecule has 2 amide bonds. The molecule has 0 saturated carbocycles. The number of halogens is 1. The van der Waals surface area contributed by atoms with Crippen LogP contribution in [0.3, 0.4) is 0 Å². The zero-order valence-corrected chi connectivity index (χ0v) is 11.5. The van der Waals surface area contributed by atoms with Gasteiger partial charge in [0.05, 0.1) is 12.5 Å². The predicted molar refractivity (Wildman–Crippen MR) is 72.7 cm³/mol. The number of anilines is 1. The number of nitrogens with one attached hydrogen (secondary N) is 1. The Morgan fingerprint density at radius 3 is 2.83 bits per heavy atom. The van der Waals surface area contributed by atoms with Gasteiger partial charge in [0.15, 0.2) is 0 Å². The highest BCUT2D eigenvalue weighted by atomic mass is 35.5. The normalized spacial score (nSPS) is 11.5. The summed E-state index contributed by atoms with van der Waals surface area (Å²) in [6, 6.07) is 7.00. The number of hydrogen-bond acceptors (Lipinski definition) is 2. The molecule has 1 atom stereocenters. The highest BCUT2D eigenvalue weighted by Crippen LogP contribution is 2.20. The summed E-state index contributed by atoms with van der Waals surface area (Å²) in [6.45, 7) is 3.72. The molecule has 0 aliphatic rings. The minimum atomic E-state index is -0.252. The van der Waals surface area contributed by atoms with Crippen molar-refractivity contribution in [2.24, 2.45) is 0 Å². The molecule has 0 saturated heterocycles. The van der Waals surface area contributed by atoms with Gasteiger partial charge in [0, 0.05) is 23.8 Å². The minimum absolute atomic E-state index is 0.129. The lowest BCUT2D eigenvalue weighted by molar-refractivity contribution is 0.208. The zero-order chi connectivity index (χ0) is 13.7. The van der Waals surface area contributed by atoms with Crippen LogP contribution >= 0.6 is 11.6 Å². The summed E-state index contributed by atoms with van der Waals surface area (Å²) in [5, 5.41) is 12.0. The Labute approximate surface area is 112 Å². The summed E-state index contributed by atoms with van der Waals surface area (Å²) in [6.07, 6.45) is 0.304. The van der Waals surface area contributed by atoms with Gasteiger partial charge in [-0.25, -0.2) is 4.79 Å². The van der Waals surface area contributed by atoms with Gasteiger partial charge in [-0.15, -0.1) is 0 Å². The molecule has 1 rings (SSSR count). The van der Waals surface area contributed by atoms with Crippen LogP contribution in [0.15, 0.2) is 18.2 Å². The quantitative estimate of drug-likeness (QED) is 0.910. The number of benzene rings is 1. The highest BCUT2D eigenvalue weighted by molar-refractivity contribution is 6.31. The number of carbonyl (C=O) groups excluding carboxylic acids is 1. The molecule has 1 aromatic carbocycles. The van der Waals surface area contributed by atoms with Crippen LogP contribution < -0.4 is 5.32 Å². The maximum absolute atomic E-state index is 11.9. The summed E-state index contributed by atoms with van der Waals surface area (Å²) < 4.78 is 0. The number of hydrogen-bond donors (Lipinski definition) is 1. The summed E-state index contributed by atoms with van der Waals surface area (Å²) in [7, 11) is 1.66. The number of aryl methyl sites for hydroxylation is 1. The van der Waals surface area contributed by atoms with E-state index < -0.39 is 0 Å². The van der Waals surface area contributed by atoms with Gasteiger partial charge in [-0.1, -0.05) is 17.7 Å². The molecule has 0 aromatic heterocycles. The first kappa shape index (κ1) is 14.3. The van der Waals surface area contributed by atoms with Gasteiger partial charge in [-0.2, -0.15) is 5.26 Å². The predicted octanol–water partition coefficient (Wildman–Crippen LogP) is 3.41. The Balaban J connectivity index is 2.70. The second-order valence-electron chi connectivity index (χ2n) is 4.22. The molecule has 0 fully saturated rings. The van der Waals surface area contributed by atoms with Crippen LogP contribution in [0.4, 0.5) is 10.5 Å². The van der Waals surface area contributed by atoms with Crippen molar-refractivity contribution >= 4 is 23.3 Å². The molecule has 0 heterocycles. The first-order valence-corrected chi connectivity index (χ1v) is 6.00. The molecule has 0 bridgehead atoms. The van der Waals surface area contributed by atoms with Crippen LogP contribution in [0, 0.1) is 18.3 Å². The average molecular weight is 266 g/mol. The summed E-state index contributed by atoms with van der Waals surface area (Å²) in [5.41, 5.74) is 1.60. The van der Waals surface area contributed by atoms with Crippen LogP contribution in [0.5, 0.6) is 0 Å². The second kappa shape index (κ2) is 6.27. The molecule has 4 nitrogen and oxygen atoms in total. The van der Waals surface area contributed by atoms with E-state index in [4.69, 9.17) is 16.9 Å². The topological polar surface area (TPSA) is 56.1 Å². The maximum Gasteiger partial charge on any atom is 0.321 e. The number of nitrogens with zero attached hydrogens (tertiary/aromatic N) is 2. The van der Waals surface area contributed by atoms with Crippen molar-refractivity contribution in [3.05, 3.63) is 28.8 Å². The van der Waals surface area contributed by atoms with E-state index >= 15 is 0 Å². The van der Waals surface area contributed by atoms with Crippen molar-refractivity contribution in [1.82, 2.24) is 4.90 Å². The van der Waals surface area contributed by atoms with Gasteiger partial charge < -0.3 is 10.2 Å². The van der Waals surface area contributed by atoms with E-state index in [1.807, 2.05) is 26.0 Å². The lowest BCUT2D eigenvalue weighted by Crippen LogP contribution is -2.38. The van der Waals surface area contributed by atoms with Gasteiger partial charge in [0.2, 0.25) is 0 Å². The van der Waals surface area contributed by atoms with E-state index in [1.165, 1.54) is 4.90 Å². The second-order valence-corrected chi connectivity index (χ2v) is 4.62. The zero-order valence-electron chi connectivity index (χ0n) is 10.7. The molecule has 5 heteroatoms. The smallest absolute Gasteiger partial charge is 0.321 e. The summed E-state index contributed by atoms with van der Waals surface area (Å²) in [5.74, 6) is 0. The van der Waals surface area contributed by atoms with E-state index in [0.717, 1.165) is 5.56 Å². The monoisotopic (exact) mass is 265 g/mol. The van der Waals surface area contributed by atoms with E-state index in [-0.39, 0.29) is 12.1 Å². The standard InChI is InChI=1S/C13H16ClN3O/c1-9-4-5-11(8-12(9)14)16-13(18)17(3)10(2)6-7-15/h4-5,8,10H,6H2,1-3H3,(H,16,18). The van der Waals surface area contributed by atoms with Crippen molar-refractivity contribution in [3.8, 4) is 6.07 Å². The van der Waals surface area contributed by atoms with Gasteiger partial charge in [0.25, 0.3) is 0 Å². The average Bonchev–Trinajstić information content (AvgIpc) is 2.33. The number of carbonyl (C=O) groups is 1. The largest absolute Gasteiger partial charge is 0.324 e. The number of rotatable bonds is 3. The number of urea groups is 1. The van der Waals surface area contributed by atoms with E-state index in [0.29, 0.717) is 17.1 Å². The van der Waals surface area contributed by atoms with Crippen LogP contribution in [-0.2, 0) is 0 Å². The molecule has 1 aromatic rings. The van der Waals surface area contributed by atoms with Gasteiger partial charge >= 0.3 is 6.03 Å². The molecule has 96 valence electrons. The summed E-state index contributed by atoms with van der Waals surface area (Å²) >= 11 is 5.98. The molecule has 1 N–H and O–H groups in total. The molecule has 0 aliphatic carbocycles. The SMILES string of the molecule is Cc1ccc(NC(=O)N(C)C(C)CC#N)cc1Cl. The van der Waals surface area contributed by atoms with Gasteiger partial charge in [-0.3, -0.25) is 0 Å². The molecule has 0 aliphatic heterocycles. The van der Waals surface area contributed by atoms with Gasteiger partial charge in [0.1, 0.15) is 0 Å². The van der Waals surface area contributed by atoms with Crippen LogP contribution in [0.1, 0.15) is 18.9 Å². The third-order valence-corrected chi connectivity index (χ3v) is 3.20. The van der Waals surface area contributed by atoms with Crippen molar-refractivity contribution in [2.75, 3.05) is 12.4 Å². The molecular formula is C13H16ClN3O. The van der Waals surface area contributed by atoms with Crippen molar-refractivity contribution in [2.45, 2.75) is 26.3 Å². The van der Waals surface area contributed by atoms with Crippen LogP contribution in [0.25, 0.3) is 0 Å². The molecular weight excluding hydrogens is 250 g/mol. The Morgan fingerprint density at radius 1 is 1.61 bits per heavy atom. The lowest BCUT2D eigenvalue weighted by atomic mass is 10.2. The van der Waals surface area contributed by atoms with Crippen LogP contribution in [-0.4, -0.2) is 24.0 Å². The first-order valence-electron chi connectivity index (χ1n) is 5.62. The summed E-state index contributed by atoms with van der Waals surface area (Å²) in [4.78, 5) is 13.4. The highest BCUT2D eigenvalue weighted by Gasteiger charge is 2.15. The molecule has 1 unspecified atom stereocenters. The maximum atomic E-state index is 11.9. The molecule has 0 spiro atoms. The molecule has 0 radical (unpaired) electrons. The number of amides is 2. The Hall–Kier alpha value is -1.73. The Bertz CT molecular complexity index is 482. The van der Waals surface area contributed by atoms with Crippen molar-refractivity contribution < 1.29 is 4.79 Å². The lowest BCUT2D eigenvalue weighted by Gasteiger charge is -2.23. The number of nitriles is 1. The van der Waals surface area contributed by atoms with Gasteiger partial charge in [-0.05, 0) is 31.5 Å². The third kappa shape index (κ3) is 3.64. The Kier molecular flexibility index (Phi) is 4.99. The fourth-order valence-corrected chi connectivity index (χ4v) is 1.53. The fraction of sp³-hybridized carbons (Fsp3) is 0.385.